The molecule has 0 amide bonds. The van der Waals surface area contributed by atoms with Crippen LogP contribution in [0.2, 0.25) is 0 Å². The summed E-state index contributed by atoms with van der Waals surface area (Å²) in [6.45, 7) is 0. The van der Waals surface area contributed by atoms with Crippen LogP contribution in [-0.4, -0.2) is 15.0 Å². The molecule has 50 heavy (non-hydrogen) atoms. The van der Waals surface area contributed by atoms with E-state index in [1.807, 2.05) is 48.5 Å². The van der Waals surface area contributed by atoms with Crippen molar-refractivity contribution in [3.8, 4) is 73.6 Å². The molecule has 1 spiro atoms. The first-order chi connectivity index (χ1) is 24.7. The van der Waals surface area contributed by atoms with Gasteiger partial charge in [-0.2, -0.15) is 5.26 Å². The van der Waals surface area contributed by atoms with Gasteiger partial charge in [0.2, 0.25) is 0 Å². The Labute approximate surface area is 292 Å². The molecule has 2 aliphatic carbocycles. The molecule has 1 heterocycles. The van der Waals surface area contributed by atoms with E-state index in [4.69, 9.17) is 15.0 Å². The van der Waals surface area contributed by atoms with E-state index in [1.165, 1.54) is 52.6 Å². The summed E-state index contributed by atoms with van der Waals surface area (Å²) in [5.41, 5.74) is 13.3. The minimum atomic E-state index is -0.0837. The molecule has 0 atom stereocenters. The fraction of sp³-hybridized carbons (Fsp3) is 0.130. The van der Waals surface area contributed by atoms with Gasteiger partial charge in [-0.05, 0) is 63.4 Å². The molecule has 0 saturated heterocycles. The SMILES string of the molecule is N#Cc1cccc2c1C1(CCCCC1)c1cccc(-c3ccc(-c4nc(-c5ccccc5)nc(-c5ccc(-c6ccccc6)cc5)n4)cc3)c1-2. The molecular formula is C46H34N4. The Morgan fingerprint density at radius 2 is 0.920 bits per heavy atom. The third-order valence-electron chi connectivity index (χ3n) is 10.6. The van der Waals surface area contributed by atoms with Crippen molar-refractivity contribution in [2.75, 3.05) is 0 Å². The zero-order valence-electron chi connectivity index (χ0n) is 27.7. The van der Waals surface area contributed by atoms with Crippen LogP contribution in [0.4, 0.5) is 0 Å². The third-order valence-corrected chi connectivity index (χ3v) is 10.6. The van der Waals surface area contributed by atoms with Crippen LogP contribution in [0, 0.1) is 11.3 Å². The lowest BCUT2D eigenvalue weighted by Gasteiger charge is -2.36. The van der Waals surface area contributed by atoms with E-state index in [-0.39, 0.29) is 5.41 Å². The second-order valence-electron chi connectivity index (χ2n) is 13.4. The van der Waals surface area contributed by atoms with Crippen LogP contribution >= 0.6 is 0 Å². The average molecular weight is 643 g/mol. The highest BCUT2D eigenvalue weighted by molar-refractivity contribution is 5.94. The Kier molecular flexibility index (Phi) is 7.40. The Hall–Kier alpha value is -6.18. The van der Waals surface area contributed by atoms with Crippen LogP contribution in [0.25, 0.3) is 67.5 Å². The molecule has 0 N–H and O–H groups in total. The molecule has 238 valence electrons. The standard InChI is InChI=1S/C46H34N4/c47-30-37-16-10-18-39-41-38(17-11-19-40(41)46(42(37)39)28-8-3-9-29-46)33-22-26-36(27-23-33)45-49-43(34-14-6-2-7-15-34)48-44(50-45)35-24-20-32(21-25-35)31-12-4-1-5-13-31/h1-2,4-7,10-27H,3,8-9,28-29H2. The van der Waals surface area contributed by atoms with Gasteiger partial charge in [-0.1, -0.05) is 159 Å². The first-order valence-corrected chi connectivity index (χ1v) is 17.5. The largest absolute Gasteiger partial charge is 0.208 e. The summed E-state index contributed by atoms with van der Waals surface area (Å²) in [7, 11) is 0. The Balaban J connectivity index is 1.13. The lowest BCUT2D eigenvalue weighted by atomic mass is 9.66. The number of aromatic nitrogens is 3. The first-order valence-electron chi connectivity index (χ1n) is 17.5. The summed E-state index contributed by atoms with van der Waals surface area (Å²) in [5, 5.41) is 10.2. The number of benzene rings is 6. The van der Waals surface area contributed by atoms with Gasteiger partial charge in [-0.15, -0.1) is 0 Å². The Bertz CT molecular complexity index is 2380. The first kappa shape index (κ1) is 29.9. The molecule has 1 fully saturated rings. The van der Waals surface area contributed by atoms with Gasteiger partial charge in [0.25, 0.3) is 0 Å². The molecule has 0 unspecified atom stereocenters. The van der Waals surface area contributed by atoms with Crippen LogP contribution in [0.1, 0.15) is 48.8 Å². The number of nitrogens with zero attached hydrogens (tertiary/aromatic N) is 4. The van der Waals surface area contributed by atoms with Gasteiger partial charge in [0, 0.05) is 22.1 Å². The van der Waals surface area contributed by atoms with Crippen LogP contribution in [0.15, 0.2) is 146 Å². The van der Waals surface area contributed by atoms with Gasteiger partial charge in [-0.3, -0.25) is 0 Å². The number of nitriles is 1. The van der Waals surface area contributed by atoms with Gasteiger partial charge in [0.05, 0.1) is 11.6 Å². The van der Waals surface area contributed by atoms with Crippen LogP contribution in [0.3, 0.4) is 0 Å². The predicted octanol–water partition coefficient (Wildman–Crippen LogP) is 11.3. The molecule has 0 aliphatic heterocycles. The summed E-state index contributed by atoms with van der Waals surface area (Å²) in [6.07, 6.45) is 5.82. The molecule has 7 aromatic rings. The second kappa shape index (κ2) is 12.4. The van der Waals surface area contributed by atoms with E-state index < -0.39 is 0 Å². The average Bonchev–Trinajstić information content (AvgIpc) is 3.47. The molecule has 0 bridgehead atoms. The van der Waals surface area contributed by atoms with E-state index in [0.29, 0.717) is 17.5 Å². The molecule has 6 aromatic carbocycles. The van der Waals surface area contributed by atoms with Gasteiger partial charge < -0.3 is 0 Å². The smallest absolute Gasteiger partial charge is 0.164 e. The zero-order valence-corrected chi connectivity index (χ0v) is 27.7. The van der Waals surface area contributed by atoms with E-state index in [9.17, 15) is 5.26 Å². The topological polar surface area (TPSA) is 62.5 Å². The number of hydrogen-bond donors (Lipinski definition) is 0. The summed E-state index contributed by atoms with van der Waals surface area (Å²) >= 11 is 0. The maximum atomic E-state index is 10.2. The summed E-state index contributed by atoms with van der Waals surface area (Å²) in [4.78, 5) is 14.9. The lowest BCUT2D eigenvalue weighted by molar-refractivity contribution is 0.352. The normalized spacial score (nSPS) is 14.1. The zero-order chi connectivity index (χ0) is 33.5. The van der Waals surface area contributed by atoms with Crippen LogP contribution < -0.4 is 0 Å². The number of fused-ring (bicyclic) bond motifs is 5. The summed E-state index contributed by atoms with van der Waals surface area (Å²) in [6, 6.07) is 53.1. The summed E-state index contributed by atoms with van der Waals surface area (Å²) in [5.74, 6) is 1.92. The molecule has 1 saturated carbocycles. The van der Waals surface area contributed by atoms with Gasteiger partial charge in [-0.25, -0.2) is 15.0 Å². The van der Waals surface area contributed by atoms with Gasteiger partial charge in [0.1, 0.15) is 0 Å². The van der Waals surface area contributed by atoms with Gasteiger partial charge in [0.15, 0.2) is 17.5 Å². The quantitative estimate of drug-likeness (QED) is 0.187. The van der Waals surface area contributed by atoms with E-state index in [0.717, 1.165) is 46.2 Å². The Morgan fingerprint density at radius 1 is 0.440 bits per heavy atom. The predicted molar refractivity (Wildman–Crippen MR) is 201 cm³/mol. The maximum absolute atomic E-state index is 10.2. The van der Waals surface area contributed by atoms with E-state index in [1.54, 1.807) is 0 Å². The van der Waals surface area contributed by atoms with Crippen LogP contribution in [0.5, 0.6) is 0 Å². The van der Waals surface area contributed by atoms with Crippen LogP contribution in [-0.2, 0) is 5.41 Å². The van der Waals surface area contributed by atoms with E-state index >= 15 is 0 Å². The van der Waals surface area contributed by atoms with Crippen molar-refractivity contribution in [1.29, 1.82) is 5.26 Å². The summed E-state index contributed by atoms with van der Waals surface area (Å²) < 4.78 is 0. The molecule has 2 aliphatic rings. The fourth-order valence-electron chi connectivity index (χ4n) is 8.25. The van der Waals surface area contributed by atoms with E-state index in [2.05, 4.69) is 103 Å². The minimum Gasteiger partial charge on any atom is -0.208 e. The van der Waals surface area contributed by atoms with Crippen molar-refractivity contribution >= 4 is 0 Å². The highest BCUT2D eigenvalue weighted by atomic mass is 15.0. The molecule has 0 radical (unpaired) electrons. The van der Waals surface area contributed by atoms with Crippen molar-refractivity contribution < 1.29 is 0 Å². The highest BCUT2D eigenvalue weighted by Crippen LogP contribution is 2.58. The number of hydrogen-bond acceptors (Lipinski definition) is 4. The fourth-order valence-corrected chi connectivity index (χ4v) is 8.25. The van der Waals surface area contributed by atoms with Crippen molar-refractivity contribution in [2.24, 2.45) is 0 Å². The molecule has 4 heteroatoms. The molecule has 9 rings (SSSR count). The lowest BCUT2D eigenvalue weighted by Crippen LogP contribution is -2.29. The van der Waals surface area contributed by atoms with Crippen molar-refractivity contribution in [3.05, 3.63) is 162 Å². The maximum Gasteiger partial charge on any atom is 0.164 e. The minimum absolute atomic E-state index is 0.0837. The second-order valence-corrected chi connectivity index (χ2v) is 13.4. The molecule has 4 nitrogen and oxygen atoms in total. The highest BCUT2D eigenvalue weighted by Gasteiger charge is 2.46. The molecule has 1 aromatic heterocycles. The Morgan fingerprint density at radius 3 is 1.52 bits per heavy atom. The van der Waals surface area contributed by atoms with Gasteiger partial charge >= 0.3 is 0 Å². The number of rotatable bonds is 5. The molecular weight excluding hydrogens is 609 g/mol. The van der Waals surface area contributed by atoms with Crippen molar-refractivity contribution in [3.63, 3.8) is 0 Å². The van der Waals surface area contributed by atoms with Crippen molar-refractivity contribution in [2.45, 2.75) is 37.5 Å². The van der Waals surface area contributed by atoms with Crippen molar-refractivity contribution in [1.82, 2.24) is 15.0 Å². The monoisotopic (exact) mass is 642 g/mol. The third kappa shape index (κ3) is 5.02.